The predicted octanol–water partition coefficient (Wildman–Crippen LogP) is 4.27. The SMILES string of the molecule is Cc1ccsc1/C=N\NC(=O)c1cccc(S(=O)(=O)Nc2ccccc2Cl)c1. The number of hydrazone groups is 1. The first-order valence-corrected chi connectivity index (χ1v) is 10.9. The van der Waals surface area contributed by atoms with Crippen molar-refractivity contribution in [1.82, 2.24) is 5.43 Å². The summed E-state index contributed by atoms with van der Waals surface area (Å²) >= 11 is 7.51. The topological polar surface area (TPSA) is 87.6 Å². The zero-order valence-corrected chi connectivity index (χ0v) is 17.1. The van der Waals surface area contributed by atoms with Gasteiger partial charge in [0.25, 0.3) is 15.9 Å². The summed E-state index contributed by atoms with van der Waals surface area (Å²) in [5.41, 5.74) is 3.89. The first-order chi connectivity index (χ1) is 13.4. The highest BCUT2D eigenvalue weighted by Crippen LogP contribution is 2.24. The van der Waals surface area contributed by atoms with Gasteiger partial charge in [0.1, 0.15) is 0 Å². The molecule has 2 N–H and O–H groups in total. The molecular weight excluding hydrogens is 418 g/mol. The molecule has 9 heteroatoms. The molecule has 144 valence electrons. The monoisotopic (exact) mass is 433 g/mol. The van der Waals surface area contributed by atoms with Crippen LogP contribution < -0.4 is 10.1 Å². The zero-order chi connectivity index (χ0) is 20.1. The van der Waals surface area contributed by atoms with Crippen LogP contribution >= 0.6 is 22.9 Å². The average Bonchev–Trinajstić information content (AvgIpc) is 3.08. The molecule has 0 radical (unpaired) electrons. The Kier molecular flexibility index (Phi) is 6.13. The minimum atomic E-state index is -3.90. The number of carbonyl (C=O) groups is 1. The second-order valence-corrected chi connectivity index (χ2v) is 8.82. The van der Waals surface area contributed by atoms with E-state index in [1.807, 2.05) is 18.4 Å². The maximum atomic E-state index is 12.6. The Morgan fingerprint density at radius 2 is 1.93 bits per heavy atom. The van der Waals surface area contributed by atoms with Crippen molar-refractivity contribution in [3.63, 3.8) is 0 Å². The molecule has 2 aromatic carbocycles. The Hall–Kier alpha value is -2.68. The molecule has 0 aliphatic heterocycles. The summed E-state index contributed by atoms with van der Waals surface area (Å²) in [7, 11) is -3.90. The van der Waals surface area contributed by atoms with Gasteiger partial charge in [0.15, 0.2) is 0 Å². The van der Waals surface area contributed by atoms with Crippen molar-refractivity contribution >= 4 is 50.8 Å². The lowest BCUT2D eigenvalue weighted by atomic mass is 10.2. The average molecular weight is 434 g/mol. The third-order valence-electron chi connectivity index (χ3n) is 3.77. The number of carbonyl (C=O) groups excluding carboxylic acids is 1. The van der Waals surface area contributed by atoms with Gasteiger partial charge >= 0.3 is 0 Å². The lowest BCUT2D eigenvalue weighted by Crippen LogP contribution is -2.19. The molecule has 0 fully saturated rings. The number of rotatable bonds is 6. The Morgan fingerprint density at radius 1 is 1.14 bits per heavy atom. The number of thiophene rings is 1. The molecule has 0 atom stereocenters. The van der Waals surface area contributed by atoms with E-state index in [4.69, 9.17) is 11.6 Å². The molecule has 0 saturated carbocycles. The molecule has 3 rings (SSSR count). The number of nitrogens with zero attached hydrogens (tertiary/aromatic N) is 1. The van der Waals surface area contributed by atoms with Crippen LogP contribution in [0.5, 0.6) is 0 Å². The Labute approximate surface area is 171 Å². The van der Waals surface area contributed by atoms with Crippen LogP contribution in [0.4, 0.5) is 5.69 Å². The van der Waals surface area contributed by atoms with Crippen molar-refractivity contribution in [3.8, 4) is 0 Å². The van der Waals surface area contributed by atoms with E-state index >= 15 is 0 Å². The van der Waals surface area contributed by atoms with Crippen LogP contribution in [0.25, 0.3) is 0 Å². The molecular formula is C19H16ClN3O3S2. The Balaban J connectivity index is 1.76. The van der Waals surface area contributed by atoms with E-state index in [0.29, 0.717) is 0 Å². The molecule has 3 aromatic rings. The van der Waals surface area contributed by atoms with Crippen molar-refractivity contribution in [2.45, 2.75) is 11.8 Å². The smallest absolute Gasteiger partial charge is 0.271 e. The number of sulfonamides is 1. The normalized spacial score (nSPS) is 11.5. The number of para-hydroxylation sites is 1. The fraction of sp³-hybridized carbons (Fsp3) is 0.0526. The summed E-state index contributed by atoms with van der Waals surface area (Å²) in [6, 6.07) is 14.1. The fourth-order valence-corrected chi connectivity index (χ4v) is 4.43. The Bertz CT molecular complexity index is 1140. The van der Waals surface area contributed by atoms with Crippen molar-refractivity contribution in [3.05, 3.63) is 81.0 Å². The van der Waals surface area contributed by atoms with Gasteiger partial charge in [-0.2, -0.15) is 5.10 Å². The number of amides is 1. The predicted molar refractivity (Wildman–Crippen MR) is 113 cm³/mol. The minimum absolute atomic E-state index is 0.0573. The fourth-order valence-electron chi connectivity index (χ4n) is 2.28. The molecule has 0 aliphatic carbocycles. The number of anilines is 1. The quantitative estimate of drug-likeness (QED) is 0.449. The van der Waals surface area contributed by atoms with E-state index in [0.717, 1.165) is 10.4 Å². The third kappa shape index (κ3) is 4.78. The van der Waals surface area contributed by atoms with Gasteiger partial charge in [-0.1, -0.05) is 29.8 Å². The molecule has 1 amide bonds. The first-order valence-electron chi connectivity index (χ1n) is 8.12. The molecule has 1 heterocycles. The highest BCUT2D eigenvalue weighted by molar-refractivity contribution is 7.92. The molecule has 0 spiro atoms. The van der Waals surface area contributed by atoms with Gasteiger partial charge in [-0.25, -0.2) is 13.8 Å². The maximum absolute atomic E-state index is 12.6. The molecule has 6 nitrogen and oxygen atoms in total. The van der Waals surface area contributed by atoms with Crippen LogP contribution in [0.2, 0.25) is 5.02 Å². The van der Waals surface area contributed by atoms with Crippen molar-refractivity contribution in [2.75, 3.05) is 4.72 Å². The largest absolute Gasteiger partial charge is 0.278 e. The van der Waals surface area contributed by atoms with E-state index in [-0.39, 0.29) is 21.2 Å². The second-order valence-electron chi connectivity index (χ2n) is 5.78. The number of nitrogens with one attached hydrogen (secondary N) is 2. The lowest BCUT2D eigenvalue weighted by Gasteiger charge is -2.10. The van der Waals surface area contributed by atoms with E-state index in [9.17, 15) is 13.2 Å². The van der Waals surface area contributed by atoms with Crippen molar-refractivity contribution in [1.29, 1.82) is 0 Å². The molecule has 0 unspecified atom stereocenters. The minimum Gasteiger partial charge on any atom is -0.278 e. The van der Waals surface area contributed by atoms with E-state index < -0.39 is 15.9 Å². The number of hydrogen-bond donors (Lipinski definition) is 2. The molecule has 0 saturated heterocycles. The number of halogens is 1. The molecule has 0 aliphatic rings. The van der Waals surface area contributed by atoms with E-state index in [1.54, 1.807) is 30.5 Å². The molecule has 1 aromatic heterocycles. The van der Waals surface area contributed by atoms with E-state index in [1.165, 1.54) is 35.6 Å². The van der Waals surface area contributed by atoms with Gasteiger partial charge < -0.3 is 0 Å². The summed E-state index contributed by atoms with van der Waals surface area (Å²) in [6.45, 7) is 1.94. The highest BCUT2D eigenvalue weighted by atomic mass is 35.5. The summed E-state index contributed by atoms with van der Waals surface area (Å²) in [5.74, 6) is -0.514. The number of hydrogen-bond acceptors (Lipinski definition) is 5. The van der Waals surface area contributed by atoms with Crippen LogP contribution in [0.15, 0.2) is 70.0 Å². The zero-order valence-electron chi connectivity index (χ0n) is 14.7. The summed E-state index contributed by atoms with van der Waals surface area (Å²) in [5, 5.41) is 6.13. The summed E-state index contributed by atoms with van der Waals surface area (Å²) in [4.78, 5) is 13.2. The van der Waals surface area contributed by atoms with Gasteiger partial charge in [-0.15, -0.1) is 11.3 Å². The van der Waals surface area contributed by atoms with Crippen molar-refractivity contribution < 1.29 is 13.2 Å². The second kappa shape index (κ2) is 8.55. The van der Waals surface area contributed by atoms with Gasteiger partial charge in [0.05, 0.1) is 21.8 Å². The van der Waals surface area contributed by atoms with Crippen molar-refractivity contribution in [2.24, 2.45) is 5.10 Å². The van der Waals surface area contributed by atoms with E-state index in [2.05, 4.69) is 15.2 Å². The highest BCUT2D eigenvalue weighted by Gasteiger charge is 2.17. The van der Waals surface area contributed by atoms with Gasteiger partial charge in [-0.3, -0.25) is 9.52 Å². The molecule has 0 bridgehead atoms. The first kappa shape index (κ1) is 20.1. The summed E-state index contributed by atoms with van der Waals surface area (Å²) < 4.78 is 27.6. The lowest BCUT2D eigenvalue weighted by molar-refractivity contribution is 0.0955. The van der Waals surface area contributed by atoms with Crippen LogP contribution in [0, 0.1) is 6.92 Å². The van der Waals surface area contributed by atoms with Crippen LogP contribution in [-0.2, 0) is 10.0 Å². The van der Waals surface area contributed by atoms with Gasteiger partial charge in [0.2, 0.25) is 0 Å². The standard InChI is InChI=1S/C19H16ClN3O3S2/c1-13-9-10-27-18(13)12-21-22-19(24)14-5-4-6-15(11-14)28(25,26)23-17-8-3-2-7-16(17)20/h2-12,23H,1H3,(H,22,24)/b21-12-. The maximum Gasteiger partial charge on any atom is 0.271 e. The summed E-state index contributed by atoms with van der Waals surface area (Å²) in [6.07, 6.45) is 1.55. The van der Waals surface area contributed by atoms with Crippen LogP contribution in [0.3, 0.4) is 0 Å². The number of benzene rings is 2. The number of aryl methyl sites for hydroxylation is 1. The van der Waals surface area contributed by atoms with Crippen LogP contribution in [-0.4, -0.2) is 20.5 Å². The Morgan fingerprint density at radius 3 is 2.64 bits per heavy atom. The molecule has 28 heavy (non-hydrogen) atoms. The van der Waals surface area contributed by atoms with Gasteiger partial charge in [-0.05, 0) is 54.3 Å². The van der Waals surface area contributed by atoms with Gasteiger partial charge in [0, 0.05) is 10.4 Å². The van der Waals surface area contributed by atoms with Crippen LogP contribution in [0.1, 0.15) is 20.8 Å². The third-order valence-corrected chi connectivity index (χ3v) is 6.42.